The Balaban J connectivity index is 1.52. The van der Waals surface area contributed by atoms with Gasteiger partial charge in [-0.2, -0.15) is 5.10 Å². The lowest BCUT2D eigenvalue weighted by molar-refractivity contribution is 0.0956. The molecule has 2 aromatic heterocycles. The molecule has 0 aliphatic rings. The number of aromatic amines is 1. The molecule has 0 radical (unpaired) electrons. The number of pyridine rings is 1. The van der Waals surface area contributed by atoms with Gasteiger partial charge in [0.05, 0.1) is 28.3 Å². The van der Waals surface area contributed by atoms with Gasteiger partial charge in [0, 0.05) is 10.9 Å². The minimum Gasteiger partial charge on any atom is -0.507 e. The van der Waals surface area contributed by atoms with Crippen LogP contribution in [-0.2, 0) is 0 Å². The molecule has 0 fully saturated rings. The van der Waals surface area contributed by atoms with Crippen molar-refractivity contribution in [2.75, 3.05) is 0 Å². The van der Waals surface area contributed by atoms with Crippen LogP contribution in [0, 0.1) is 0 Å². The number of hydrogen-bond acceptors (Lipinski definition) is 5. The fourth-order valence-electron chi connectivity index (χ4n) is 3.38. The molecule has 0 atom stereocenters. The van der Waals surface area contributed by atoms with Crippen LogP contribution in [0.1, 0.15) is 15.9 Å². The third-order valence-electron chi connectivity index (χ3n) is 4.90. The number of benzene rings is 3. The number of hydrazone groups is 1. The van der Waals surface area contributed by atoms with Gasteiger partial charge in [-0.05, 0) is 36.4 Å². The van der Waals surface area contributed by atoms with Crippen LogP contribution in [0.5, 0.6) is 5.75 Å². The summed E-state index contributed by atoms with van der Waals surface area (Å²) in [5.74, 6) is 0.281. The van der Waals surface area contributed by atoms with Crippen LogP contribution in [0.2, 0.25) is 0 Å². The van der Waals surface area contributed by atoms with Gasteiger partial charge < -0.3 is 10.1 Å². The lowest BCUT2D eigenvalue weighted by Crippen LogP contribution is -2.18. The van der Waals surface area contributed by atoms with Crippen molar-refractivity contribution in [3.05, 3.63) is 90.0 Å². The molecule has 0 spiro atoms. The summed E-state index contributed by atoms with van der Waals surface area (Å²) in [5, 5.41) is 14.5. The largest absolute Gasteiger partial charge is 0.507 e. The van der Waals surface area contributed by atoms with Gasteiger partial charge in [0.15, 0.2) is 5.82 Å². The highest BCUT2D eigenvalue weighted by atomic mass is 16.3. The molecular formula is C24H17N5O2. The summed E-state index contributed by atoms with van der Waals surface area (Å²) in [6.07, 6.45) is 1.40. The number of para-hydroxylation sites is 4. The predicted octanol–water partition coefficient (Wildman–Crippen LogP) is 4.25. The second-order valence-electron chi connectivity index (χ2n) is 6.93. The Hall–Kier alpha value is -4.52. The van der Waals surface area contributed by atoms with Crippen molar-refractivity contribution in [2.24, 2.45) is 5.10 Å². The number of H-pyrrole nitrogens is 1. The van der Waals surface area contributed by atoms with Gasteiger partial charge in [-0.25, -0.2) is 15.4 Å². The second kappa shape index (κ2) is 7.72. The van der Waals surface area contributed by atoms with E-state index in [0.717, 1.165) is 11.0 Å². The fourth-order valence-corrected chi connectivity index (χ4v) is 3.38. The number of hydrogen-bond donors (Lipinski definition) is 3. The van der Waals surface area contributed by atoms with Gasteiger partial charge in [0.25, 0.3) is 5.91 Å². The number of amides is 1. The maximum Gasteiger partial charge on any atom is 0.272 e. The molecule has 3 N–H and O–H groups in total. The Morgan fingerprint density at radius 1 is 0.935 bits per heavy atom. The van der Waals surface area contributed by atoms with E-state index < -0.39 is 0 Å². The predicted molar refractivity (Wildman–Crippen MR) is 120 cm³/mol. The maximum absolute atomic E-state index is 12.9. The monoisotopic (exact) mass is 407 g/mol. The minimum atomic E-state index is -0.386. The Kier molecular flexibility index (Phi) is 4.61. The molecule has 7 heteroatoms. The van der Waals surface area contributed by atoms with Crippen molar-refractivity contribution in [3.63, 3.8) is 0 Å². The molecule has 3 aromatic carbocycles. The number of fused-ring (bicyclic) bond motifs is 2. The van der Waals surface area contributed by atoms with Crippen LogP contribution in [0.25, 0.3) is 33.5 Å². The molecule has 7 nitrogen and oxygen atoms in total. The highest BCUT2D eigenvalue weighted by Gasteiger charge is 2.15. The molecule has 1 amide bonds. The van der Waals surface area contributed by atoms with Gasteiger partial charge in [-0.1, -0.05) is 42.5 Å². The lowest BCUT2D eigenvalue weighted by Gasteiger charge is -2.07. The molecule has 2 heterocycles. The van der Waals surface area contributed by atoms with E-state index in [1.165, 1.54) is 6.21 Å². The maximum atomic E-state index is 12.9. The number of aromatic nitrogens is 3. The van der Waals surface area contributed by atoms with Crippen LogP contribution < -0.4 is 5.43 Å². The number of phenolic OH excluding ortho intramolecular Hbond substituents is 1. The van der Waals surface area contributed by atoms with Gasteiger partial charge in [0.2, 0.25) is 0 Å². The zero-order valence-electron chi connectivity index (χ0n) is 16.3. The average Bonchev–Trinajstić information content (AvgIpc) is 3.24. The van der Waals surface area contributed by atoms with E-state index in [9.17, 15) is 9.90 Å². The van der Waals surface area contributed by atoms with E-state index in [4.69, 9.17) is 0 Å². The van der Waals surface area contributed by atoms with E-state index in [2.05, 4.69) is 25.5 Å². The van der Waals surface area contributed by atoms with Gasteiger partial charge in [0.1, 0.15) is 11.4 Å². The summed E-state index contributed by atoms with van der Waals surface area (Å²) in [6.45, 7) is 0. The third kappa shape index (κ3) is 3.60. The number of rotatable bonds is 4. The number of carbonyl (C=O) groups is 1. The summed E-state index contributed by atoms with van der Waals surface area (Å²) in [4.78, 5) is 25.5. The van der Waals surface area contributed by atoms with Gasteiger partial charge in [-0.15, -0.1) is 0 Å². The first-order chi connectivity index (χ1) is 15.2. The average molecular weight is 407 g/mol. The standard InChI is InChI=1S/C24H17N5O2/c30-22-12-6-1-7-15(22)14-25-29-24(31)17-13-21(26-18-9-3-2-8-16(17)18)23-27-19-10-4-5-11-20(19)28-23/h1-14,30H,(H,27,28)(H,29,31)/b25-14+. The number of carbonyl (C=O) groups excluding carboxylic acids is 1. The molecule has 5 rings (SSSR count). The fraction of sp³-hybridized carbons (Fsp3) is 0. The Bertz CT molecular complexity index is 1420. The van der Waals surface area contributed by atoms with E-state index >= 15 is 0 Å². The number of phenols is 1. The van der Waals surface area contributed by atoms with E-state index in [1.54, 1.807) is 30.3 Å². The van der Waals surface area contributed by atoms with Gasteiger partial charge in [-0.3, -0.25) is 4.79 Å². The summed E-state index contributed by atoms with van der Waals surface area (Å²) in [5.41, 5.74) is 6.42. The molecule has 0 unspecified atom stereocenters. The first-order valence-corrected chi connectivity index (χ1v) is 9.65. The summed E-state index contributed by atoms with van der Waals surface area (Å²) < 4.78 is 0. The Labute approximate surface area is 177 Å². The minimum absolute atomic E-state index is 0.0852. The molecule has 0 saturated carbocycles. The molecule has 0 saturated heterocycles. The zero-order chi connectivity index (χ0) is 21.2. The van der Waals surface area contributed by atoms with Crippen molar-refractivity contribution in [1.82, 2.24) is 20.4 Å². The number of nitrogens with one attached hydrogen (secondary N) is 2. The van der Waals surface area contributed by atoms with Crippen molar-refractivity contribution in [2.45, 2.75) is 0 Å². The van der Waals surface area contributed by atoms with Crippen LogP contribution in [0.15, 0.2) is 84.0 Å². The normalized spacial score (nSPS) is 11.4. The molecule has 31 heavy (non-hydrogen) atoms. The van der Waals surface area contributed by atoms with Crippen LogP contribution in [0.4, 0.5) is 0 Å². The zero-order valence-corrected chi connectivity index (χ0v) is 16.3. The molecule has 150 valence electrons. The van der Waals surface area contributed by atoms with Gasteiger partial charge >= 0.3 is 0 Å². The molecule has 0 bridgehead atoms. The number of nitrogens with zero attached hydrogens (tertiary/aromatic N) is 3. The van der Waals surface area contributed by atoms with Crippen LogP contribution in [0.3, 0.4) is 0 Å². The molecule has 0 aliphatic heterocycles. The third-order valence-corrected chi connectivity index (χ3v) is 4.90. The van der Waals surface area contributed by atoms with Crippen molar-refractivity contribution < 1.29 is 9.90 Å². The first-order valence-electron chi connectivity index (χ1n) is 9.65. The SMILES string of the molecule is O=C(N/N=C/c1ccccc1O)c1cc(-c2nc3ccccc3[nH]2)nc2ccccc12. The number of imidazole rings is 1. The first kappa shape index (κ1) is 18.5. The highest BCUT2D eigenvalue weighted by Crippen LogP contribution is 2.25. The second-order valence-corrected chi connectivity index (χ2v) is 6.93. The van der Waals surface area contributed by atoms with Crippen molar-refractivity contribution >= 4 is 34.1 Å². The van der Waals surface area contributed by atoms with E-state index in [-0.39, 0.29) is 11.7 Å². The Morgan fingerprint density at radius 3 is 2.52 bits per heavy atom. The van der Waals surface area contributed by atoms with Crippen LogP contribution >= 0.6 is 0 Å². The quantitative estimate of drug-likeness (QED) is 0.306. The highest BCUT2D eigenvalue weighted by molar-refractivity contribution is 6.07. The Morgan fingerprint density at radius 2 is 1.68 bits per heavy atom. The summed E-state index contributed by atoms with van der Waals surface area (Å²) in [6, 6.07) is 23.6. The molecule has 5 aromatic rings. The molecule has 0 aliphatic carbocycles. The molecular weight excluding hydrogens is 390 g/mol. The van der Waals surface area contributed by atoms with Crippen molar-refractivity contribution in [1.29, 1.82) is 0 Å². The number of aromatic hydroxyl groups is 1. The van der Waals surface area contributed by atoms with E-state index in [0.29, 0.717) is 33.5 Å². The van der Waals surface area contributed by atoms with Crippen molar-refractivity contribution in [3.8, 4) is 17.3 Å². The smallest absolute Gasteiger partial charge is 0.272 e. The summed E-state index contributed by atoms with van der Waals surface area (Å²) in [7, 11) is 0. The lowest BCUT2D eigenvalue weighted by atomic mass is 10.1. The van der Waals surface area contributed by atoms with E-state index in [1.807, 2.05) is 48.5 Å². The summed E-state index contributed by atoms with van der Waals surface area (Å²) >= 11 is 0. The topological polar surface area (TPSA) is 103 Å². The van der Waals surface area contributed by atoms with Crippen LogP contribution in [-0.4, -0.2) is 32.2 Å².